The van der Waals surface area contributed by atoms with E-state index in [1.165, 1.54) is 0 Å². The summed E-state index contributed by atoms with van der Waals surface area (Å²) < 4.78 is 11.2. The lowest BCUT2D eigenvalue weighted by molar-refractivity contribution is -0.147. The van der Waals surface area contributed by atoms with Crippen molar-refractivity contribution in [1.29, 1.82) is 0 Å². The minimum absolute atomic E-state index is 0.182. The van der Waals surface area contributed by atoms with E-state index >= 15 is 0 Å². The minimum Gasteiger partial charge on any atom is -0.480 e. The van der Waals surface area contributed by atoms with Gasteiger partial charge in [-0.2, -0.15) is 0 Å². The molecule has 1 aliphatic heterocycles. The Morgan fingerprint density at radius 3 is 2.81 bits per heavy atom. The maximum Gasteiger partial charge on any atom is 0.324 e. The van der Waals surface area contributed by atoms with Crippen LogP contribution in [0.3, 0.4) is 0 Å². The van der Waals surface area contributed by atoms with Crippen molar-refractivity contribution in [1.82, 2.24) is 5.32 Å². The average molecular weight is 299 g/mol. The highest BCUT2D eigenvalue weighted by Gasteiger charge is 2.48. The van der Waals surface area contributed by atoms with Gasteiger partial charge in [0.25, 0.3) is 0 Å². The zero-order chi connectivity index (χ0) is 15.1. The number of carbonyl (C=O) groups is 1. The van der Waals surface area contributed by atoms with Gasteiger partial charge in [0.05, 0.1) is 6.10 Å². The highest BCUT2D eigenvalue weighted by atomic mass is 16.5. The zero-order valence-electron chi connectivity index (χ0n) is 13.1. The summed E-state index contributed by atoms with van der Waals surface area (Å²) in [7, 11) is 0. The van der Waals surface area contributed by atoms with Gasteiger partial charge in [0, 0.05) is 19.8 Å². The molecule has 2 unspecified atom stereocenters. The van der Waals surface area contributed by atoms with E-state index in [-0.39, 0.29) is 5.92 Å². The molecule has 2 rings (SSSR count). The van der Waals surface area contributed by atoms with Crippen LogP contribution >= 0.6 is 0 Å². The first-order valence-electron chi connectivity index (χ1n) is 8.37. The fourth-order valence-electron chi connectivity index (χ4n) is 3.63. The van der Waals surface area contributed by atoms with Crippen molar-refractivity contribution in [3.05, 3.63) is 0 Å². The first kappa shape index (κ1) is 16.7. The molecule has 2 atom stereocenters. The first-order valence-corrected chi connectivity index (χ1v) is 8.37. The van der Waals surface area contributed by atoms with Crippen LogP contribution in [0.15, 0.2) is 0 Å². The summed E-state index contributed by atoms with van der Waals surface area (Å²) >= 11 is 0. The highest BCUT2D eigenvalue weighted by molar-refractivity contribution is 5.79. The topological polar surface area (TPSA) is 67.8 Å². The summed E-state index contributed by atoms with van der Waals surface area (Å²) in [4.78, 5) is 11.8. The van der Waals surface area contributed by atoms with Gasteiger partial charge in [0.1, 0.15) is 5.54 Å². The Morgan fingerprint density at radius 1 is 1.38 bits per heavy atom. The summed E-state index contributed by atoms with van der Waals surface area (Å²) in [6, 6.07) is 0. The van der Waals surface area contributed by atoms with Gasteiger partial charge in [-0.15, -0.1) is 0 Å². The van der Waals surface area contributed by atoms with E-state index in [9.17, 15) is 9.90 Å². The van der Waals surface area contributed by atoms with Crippen LogP contribution in [-0.2, 0) is 14.3 Å². The molecule has 0 aromatic heterocycles. The van der Waals surface area contributed by atoms with Crippen molar-refractivity contribution in [2.45, 2.75) is 63.5 Å². The van der Waals surface area contributed by atoms with Crippen molar-refractivity contribution in [2.24, 2.45) is 5.92 Å². The third kappa shape index (κ3) is 4.18. The highest BCUT2D eigenvalue weighted by Crippen LogP contribution is 2.38. The van der Waals surface area contributed by atoms with Crippen LogP contribution in [-0.4, -0.2) is 49.1 Å². The third-order valence-corrected chi connectivity index (χ3v) is 4.88. The van der Waals surface area contributed by atoms with Crippen LogP contribution in [0.4, 0.5) is 0 Å². The lowest BCUT2D eigenvalue weighted by Crippen LogP contribution is -2.55. The van der Waals surface area contributed by atoms with Crippen molar-refractivity contribution in [3.8, 4) is 0 Å². The lowest BCUT2D eigenvalue weighted by Gasteiger charge is -2.33. The summed E-state index contributed by atoms with van der Waals surface area (Å²) in [5, 5.41) is 13.0. The largest absolute Gasteiger partial charge is 0.480 e. The van der Waals surface area contributed by atoms with E-state index in [2.05, 4.69) is 12.2 Å². The Morgan fingerprint density at radius 2 is 2.14 bits per heavy atom. The number of aliphatic carboxylic acids is 1. The fourth-order valence-corrected chi connectivity index (χ4v) is 3.63. The molecule has 21 heavy (non-hydrogen) atoms. The molecule has 0 bridgehead atoms. The maximum absolute atomic E-state index is 11.8. The van der Waals surface area contributed by atoms with E-state index in [4.69, 9.17) is 9.47 Å². The van der Waals surface area contributed by atoms with Gasteiger partial charge in [-0.1, -0.05) is 13.3 Å². The second-order valence-electron chi connectivity index (χ2n) is 6.26. The van der Waals surface area contributed by atoms with Crippen LogP contribution in [0.1, 0.15) is 51.9 Å². The van der Waals surface area contributed by atoms with E-state index in [1.807, 2.05) is 0 Å². The number of rotatable bonds is 8. The van der Waals surface area contributed by atoms with Gasteiger partial charge >= 0.3 is 5.97 Å². The predicted octanol–water partition coefficient (Wildman–Crippen LogP) is 2.20. The normalized spacial score (nSPS) is 30.6. The van der Waals surface area contributed by atoms with E-state index in [0.29, 0.717) is 12.7 Å². The number of carboxylic acids is 1. The zero-order valence-corrected chi connectivity index (χ0v) is 13.1. The van der Waals surface area contributed by atoms with Gasteiger partial charge in [0.15, 0.2) is 0 Å². The molecule has 122 valence electrons. The van der Waals surface area contributed by atoms with Gasteiger partial charge in [0.2, 0.25) is 0 Å². The number of hydrogen-bond donors (Lipinski definition) is 2. The Hall–Kier alpha value is -0.650. The van der Waals surface area contributed by atoms with Crippen molar-refractivity contribution >= 4 is 5.97 Å². The average Bonchev–Trinajstić information content (AvgIpc) is 2.90. The standard InChI is InChI=1S/C16H29NO4/c1-2-9-17-16(15(18)19)8-3-4-13(16)5-12-21-14-6-10-20-11-7-14/h13-14,17H,2-12H2,1H3,(H,18,19). The van der Waals surface area contributed by atoms with E-state index < -0.39 is 11.5 Å². The molecule has 1 saturated carbocycles. The predicted molar refractivity (Wildman–Crippen MR) is 80.4 cm³/mol. The van der Waals surface area contributed by atoms with Crippen molar-refractivity contribution < 1.29 is 19.4 Å². The second kappa shape index (κ2) is 8.11. The van der Waals surface area contributed by atoms with Gasteiger partial charge < -0.3 is 19.9 Å². The molecular formula is C16H29NO4. The molecule has 0 radical (unpaired) electrons. The molecular weight excluding hydrogens is 270 g/mol. The molecule has 0 amide bonds. The van der Waals surface area contributed by atoms with E-state index in [0.717, 1.165) is 64.7 Å². The molecule has 0 aromatic rings. The Balaban J connectivity index is 1.83. The lowest BCUT2D eigenvalue weighted by atomic mass is 9.84. The second-order valence-corrected chi connectivity index (χ2v) is 6.26. The van der Waals surface area contributed by atoms with Crippen LogP contribution < -0.4 is 5.32 Å². The Labute approximate surface area is 127 Å². The maximum atomic E-state index is 11.8. The van der Waals surface area contributed by atoms with Crippen molar-refractivity contribution in [3.63, 3.8) is 0 Å². The first-order chi connectivity index (χ1) is 10.2. The molecule has 5 heteroatoms. The molecule has 2 aliphatic rings. The Kier molecular flexibility index (Phi) is 6.45. The molecule has 1 aliphatic carbocycles. The fraction of sp³-hybridized carbons (Fsp3) is 0.938. The molecule has 1 saturated heterocycles. The van der Waals surface area contributed by atoms with Gasteiger partial charge in [-0.05, 0) is 51.0 Å². The van der Waals surface area contributed by atoms with Crippen LogP contribution in [0.25, 0.3) is 0 Å². The van der Waals surface area contributed by atoms with E-state index in [1.54, 1.807) is 0 Å². The quantitative estimate of drug-likeness (QED) is 0.719. The summed E-state index contributed by atoms with van der Waals surface area (Å²) in [6.45, 7) is 5.07. The monoisotopic (exact) mass is 299 g/mol. The van der Waals surface area contributed by atoms with Gasteiger partial charge in [-0.25, -0.2) is 0 Å². The van der Waals surface area contributed by atoms with Crippen LogP contribution in [0.2, 0.25) is 0 Å². The molecule has 0 aromatic carbocycles. The SMILES string of the molecule is CCCNC1(C(=O)O)CCCC1CCOC1CCOCC1. The summed E-state index contributed by atoms with van der Waals surface area (Å²) in [6.07, 6.45) is 6.73. The number of nitrogens with one attached hydrogen (secondary N) is 1. The number of ether oxygens (including phenoxy) is 2. The molecule has 0 spiro atoms. The van der Waals surface area contributed by atoms with Gasteiger partial charge in [-0.3, -0.25) is 4.79 Å². The third-order valence-electron chi connectivity index (χ3n) is 4.88. The molecule has 1 heterocycles. The molecule has 2 fully saturated rings. The number of hydrogen-bond acceptors (Lipinski definition) is 4. The van der Waals surface area contributed by atoms with Crippen LogP contribution in [0.5, 0.6) is 0 Å². The summed E-state index contributed by atoms with van der Waals surface area (Å²) in [5.74, 6) is -0.508. The smallest absolute Gasteiger partial charge is 0.324 e. The van der Waals surface area contributed by atoms with Crippen LogP contribution in [0, 0.1) is 5.92 Å². The Bertz CT molecular complexity index is 330. The summed E-state index contributed by atoms with van der Waals surface area (Å²) in [5.41, 5.74) is -0.727. The number of carboxylic acid groups (broad SMARTS) is 1. The van der Waals surface area contributed by atoms with Crippen molar-refractivity contribution in [2.75, 3.05) is 26.4 Å². The molecule has 2 N–H and O–H groups in total. The molecule has 5 nitrogen and oxygen atoms in total. The minimum atomic E-state index is -0.727.